The zero-order valence-electron chi connectivity index (χ0n) is 14.8. The van der Waals surface area contributed by atoms with Crippen molar-refractivity contribution in [3.8, 4) is 0 Å². The Kier molecular flexibility index (Phi) is 5.17. The van der Waals surface area contributed by atoms with Gasteiger partial charge in [-0.3, -0.25) is 9.59 Å². The Balaban J connectivity index is 1.72. The zero-order chi connectivity index (χ0) is 17.8. The summed E-state index contributed by atoms with van der Waals surface area (Å²) in [4.78, 5) is 28.3. The molecule has 0 aromatic heterocycles. The molecule has 0 spiro atoms. The molecule has 4 heteroatoms. The monoisotopic (exact) mass is 336 g/mol. The van der Waals surface area contributed by atoms with Gasteiger partial charge in [-0.15, -0.1) is 0 Å². The minimum atomic E-state index is 0.0752. The molecule has 0 aliphatic carbocycles. The van der Waals surface area contributed by atoms with Crippen LogP contribution in [0.25, 0.3) is 0 Å². The third-order valence-corrected chi connectivity index (χ3v) is 4.50. The van der Waals surface area contributed by atoms with Crippen LogP contribution in [0.3, 0.4) is 0 Å². The first kappa shape index (κ1) is 17.2. The maximum absolute atomic E-state index is 12.8. The second-order valence-corrected chi connectivity index (χ2v) is 6.69. The highest BCUT2D eigenvalue weighted by molar-refractivity contribution is 5.96. The van der Waals surface area contributed by atoms with Crippen molar-refractivity contribution < 1.29 is 9.59 Å². The van der Waals surface area contributed by atoms with Gasteiger partial charge in [-0.1, -0.05) is 30.3 Å². The van der Waals surface area contributed by atoms with Crippen LogP contribution < -0.4 is 9.80 Å². The molecule has 0 unspecified atom stereocenters. The van der Waals surface area contributed by atoms with Gasteiger partial charge in [-0.2, -0.15) is 0 Å². The molecule has 4 nitrogen and oxygen atoms in total. The lowest BCUT2D eigenvalue weighted by atomic mass is 10.1. The van der Waals surface area contributed by atoms with E-state index in [2.05, 4.69) is 0 Å². The summed E-state index contributed by atoms with van der Waals surface area (Å²) in [5, 5.41) is 0. The van der Waals surface area contributed by atoms with Crippen molar-refractivity contribution in [1.82, 2.24) is 0 Å². The predicted octanol–water partition coefficient (Wildman–Crippen LogP) is 3.80. The predicted molar refractivity (Wildman–Crippen MR) is 101 cm³/mol. The van der Waals surface area contributed by atoms with Crippen LogP contribution >= 0.6 is 0 Å². The molecule has 0 atom stereocenters. The first-order valence-electron chi connectivity index (χ1n) is 8.82. The van der Waals surface area contributed by atoms with Crippen LogP contribution in [0.1, 0.15) is 32.3 Å². The summed E-state index contributed by atoms with van der Waals surface area (Å²) in [6.07, 6.45) is 1.89. The smallest absolute Gasteiger partial charge is 0.231 e. The molecule has 3 rings (SSSR count). The minimum Gasteiger partial charge on any atom is -0.312 e. The Morgan fingerprint density at radius 2 is 1.76 bits per heavy atom. The lowest BCUT2D eigenvalue weighted by molar-refractivity contribution is -0.118. The summed E-state index contributed by atoms with van der Waals surface area (Å²) in [5.41, 5.74) is 2.80. The van der Waals surface area contributed by atoms with Gasteiger partial charge in [-0.25, -0.2) is 0 Å². The van der Waals surface area contributed by atoms with Crippen LogP contribution in [0, 0.1) is 0 Å². The standard InChI is InChI=1S/C21H24N2O2/c1-16(2)23(19-7-4-3-5-8-19)21(25)15-17-10-12-18(13-11-17)22-14-6-9-20(22)24/h3-5,7-8,10-13,16H,6,9,14-15H2,1-2H3. The number of hydrogen-bond donors (Lipinski definition) is 0. The SMILES string of the molecule is CC(C)N(C(=O)Cc1ccc(N2CCCC2=O)cc1)c1ccccc1. The largest absolute Gasteiger partial charge is 0.312 e. The molecule has 2 amide bonds. The zero-order valence-corrected chi connectivity index (χ0v) is 14.8. The normalized spacial score (nSPS) is 14.2. The number of amides is 2. The Hall–Kier alpha value is -2.62. The topological polar surface area (TPSA) is 40.6 Å². The first-order valence-corrected chi connectivity index (χ1v) is 8.82. The van der Waals surface area contributed by atoms with Crippen molar-refractivity contribution in [3.63, 3.8) is 0 Å². The summed E-state index contributed by atoms with van der Waals surface area (Å²) in [5.74, 6) is 0.255. The van der Waals surface area contributed by atoms with Gasteiger partial charge >= 0.3 is 0 Å². The molecule has 130 valence electrons. The number of carbonyl (C=O) groups is 2. The van der Waals surface area contributed by atoms with Gasteiger partial charge < -0.3 is 9.80 Å². The van der Waals surface area contributed by atoms with Crippen molar-refractivity contribution >= 4 is 23.2 Å². The number of benzene rings is 2. The van der Waals surface area contributed by atoms with Gasteiger partial charge in [0.1, 0.15) is 0 Å². The summed E-state index contributed by atoms with van der Waals surface area (Å²) >= 11 is 0. The highest BCUT2D eigenvalue weighted by atomic mass is 16.2. The highest BCUT2D eigenvalue weighted by Crippen LogP contribution is 2.23. The summed E-state index contributed by atoms with van der Waals surface area (Å²) in [7, 11) is 0. The van der Waals surface area contributed by atoms with Crippen molar-refractivity contribution in [2.24, 2.45) is 0 Å². The molecule has 0 saturated carbocycles. The molecule has 1 aliphatic heterocycles. The molecule has 0 bridgehead atoms. The van der Waals surface area contributed by atoms with Crippen molar-refractivity contribution in [2.45, 2.75) is 39.2 Å². The molecule has 0 radical (unpaired) electrons. The second kappa shape index (κ2) is 7.51. The fraction of sp³-hybridized carbons (Fsp3) is 0.333. The molecule has 2 aromatic rings. The van der Waals surface area contributed by atoms with Crippen molar-refractivity contribution in [3.05, 3.63) is 60.2 Å². The molecule has 2 aromatic carbocycles. The van der Waals surface area contributed by atoms with Crippen LogP contribution in [0.4, 0.5) is 11.4 Å². The molecule has 25 heavy (non-hydrogen) atoms. The molecule has 1 fully saturated rings. The van der Waals surface area contributed by atoms with Crippen LogP contribution in [-0.2, 0) is 16.0 Å². The fourth-order valence-corrected chi connectivity index (χ4v) is 3.29. The van der Waals surface area contributed by atoms with E-state index >= 15 is 0 Å². The van der Waals surface area contributed by atoms with Gasteiger partial charge in [0.15, 0.2) is 0 Å². The van der Waals surface area contributed by atoms with Gasteiger partial charge in [0.2, 0.25) is 11.8 Å². The summed E-state index contributed by atoms with van der Waals surface area (Å²) in [6, 6.07) is 17.6. The van der Waals surface area contributed by atoms with E-state index < -0.39 is 0 Å². The average molecular weight is 336 g/mol. The van der Waals surface area contributed by atoms with Crippen LogP contribution in [0.2, 0.25) is 0 Å². The molecule has 0 N–H and O–H groups in total. The Morgan fingerprint density at radius 1 is 1.08 bits per heavy atom. The number of hydrogen-bond acceptors (Lipinski definition) is 2. The third-order valence-electron chi connectivity index (χ3n) is 4.50. The van der Waals surface area contributed by atoms with Gasteiger partial charge in [0.25, 0.3) is 0 Å². The lowest BCUT2D eigenvalue weighted by Crippen LogP contribution is -2.38. The number of carbonyl (C=O) groups excluding carboxylic acids is 2. The van der Waals surface area contributed by atoms with Crippen molar-refractivity contribution in [1.29, 1.82) is 0 Å². The Bertz CT molecular complexity index is 738. The van der Waals surface area contributed by atoms with E-state index in [-0.39, 0.29) is 17.9 Å². The van der Waals surface area contributed by atoms with Crippen LogP contribution in [-0.4, -0.2) is 24.4 Å². The summed E-state index contributed by atoms with van der Waals surface area (Å²) in [6.45, 7) is 4.83. The second-order valence-electron chi connectivity index (χ2n) is 6.69. The minimum absolute atomic E-state index is 0.0752. The number of nitrogens with zero attached hydrogens (tertiary/aromatic N) is 2. The van der Waals surface area contributed by atoms with E-state index in [0.717, 1.165) is 29.9 Å². The van der Waals surface area contributed by atoms with Gasteiger partial charge in [-0.05, 0) is 50.1 Å². The number of para-hydroxylation sites is 1. The van der Waals surface area contributed by atoms with E-state index in [1.165, 1.54) is 0 Å². The third kappa shape index (κ3) is 3.90. The fourth-order valence-electron chi connectivity index (χ4n) is 3.29. The van der Waals surface area contributed by atoms with E-state index in [9.17, 15) is 9.59 Å². The van der Waals surface area contributed by atoms with Crippen molar-refractivity contribution in [2.75, 3.05) is 16.3 Å². The molecular weight excluding hydrogens is 312 g/mol. The highest BCUT2D eigenvalue weighted by Gasteiger charge is 2.22. The van der Waals surface area contributed by atoms with E-state index in [4.69, 9.17) is 0 Å². The maximum atomic E-state index is 12.8. The average Bonchev–Trinajstić information content (AvgIpc) is 3.02. The summed E-state index contributed by atoms with van der Waals surface area (Å²) < 4.78 is 0. The molecule has 1 heterocycles. The first-order chi connectivity index (χ1) is 12.1. The quantitative estimate of drug-likeness (QED) is 0.833. The molecular formula is C21H24N2O2. The number of rotatable bonds is 5. The lowest BCUT2D eigenvalue weighted by Gasteiger charge is -2.27. The molecule has 1 aliphatic rings. The van der Waals surface area contributed by atoms with E-state index in [1.807, 2.05) is 78.2 Å². The van der Waals surface area contributed by atoms with E-state index in [1.54, 1.807) is 0 Å². The van der Waals surface area contributed by atoms with Gasteiger partial charge in [0.05, 0.1) is 6.42 Å². The Labute approximate surface area is 149 Å². The maximum Gasteiger partial charge on any atom is 0.231 e. The van der Waals surface area contributed by atoms with Crippen LogP contribution in [0.5, 0.6) is 0 Å². The molecule has 1 saturated heterocycles. The number of anilines is 2. The van der Waals surface area contributed by atoms with Crippen LogP contribution in [0.15, 0.2) is 54.6 Å². The Morgan fingerprint density at radius 3 is 2.32 bits per heavy atom. The van der Waals surface area contributed by atoms with E-state index in [0.29, 0.717) is 12.8 Å². The van der Waals surface area contributed by atoms with Gasteiger partial charge in [0, 0.05) is 30.4 Å².